The number of esters is 1. The number of nitriles is 2. The van der Waals surface area contributed by atoms with Crippen molar-refractivity contribution in [3.05, 3.63) is 94.6 Å². The van der Waals surface area contributed by atoms with Crippen molar-refractivity contribution in [3.63, 3.8) is 0 Å². The van der Waals surface area contributed by atoms with Gasteiger partial charge >= 0.3 is 5.97 Å². The minimum Gasteiger partial charge on any atom is -0.481 e. The van der Waals surface area contributed by atoms with Crippen LogP contribution in [0.3, 0.4) is 0 Å². The van der Waals surface area contributed by atoms with E-state index in [0.29, 0.717) is 44.4 Å². The van der Waals surface area contributed by atoms with E-state index >= 15 is 0 Å². The predicted octanol–water partition coefficient (Wildman–Crippen LogP) is 6.76. The van der Waals surface area contributed by atoms with Gasteiger partial charge in [0.25, 0.3) is 0 Å². The first-order chi connectivity index (χ1) is 18.5. The lowest BCUT2D eigenvalue weighted by molar-refractivity contribution is 0.0600. The van der Waals surface area contributed by atoms with Gasteiger partial charge in [-0.1, -0.05) is 41.9 Å². The van der Waals surface area contributed by atoms with Crippen LogP contribution in [0.2, 0.25) is 5.02 Å². The maximum absolute atomic E-state index is 11.9. The van der Waals surface area contributed by atoms with Crippen molar-refractivity contribution < 1.29 is 14.3 Å². The molecular formula is C30H19ClN4O3. The number of rotatable bonds is 5. The van der Waals surface area contributed by atoms with E-state index in [0.717, 1.165) is 27.6 Å². The minimum absolute atomic E-state index is 0.355. The molecule has 0 aliphatic rings. The van der Waals surface area contributed by atoms with Gasteiger partial charge in [0, 0.05) is 33.2 Å². The van der Waals surface area contributed by atoms with Crippen LogP contribution in [-0.4, -0.2) is 30.2 Å². The largest absolute Gasteiger partial charge is 0.481 e. The fourth-order valence-electron chi connectivity index (χ4n) is 4.51. The van der Waals surface area contributed by atoms with E-state index in [4.69, 9.17) is 21.1 Å². The molecule has 0 unspecified atom stereocenters. The van der Waals surface area contributed by atoms with Crippen molar-refractivity contribution in [1.82, 2.24) is 9.97 Å². The summed E-state index contributed by atoms with van der Waals surface area (Å²) in [5.41, 5.74) is 6.11. The van der Waals surface area contributed by atoms with Crippen LogP contribution in [0.15, 0.2) is 72.9 Å². The van der Waals surface area contributed by atoms with E-state index in [-0.39, 0.29) is 0 Å². The minimum atomic E-state index is -0.469. The molecule has 5 aromatic rings. The van der Waals surface area contributed by atoms with E-state index in [1.807, 2.05) is 24.3 Å². The number of fused-ring (bicyclic) bond motifs is 1. The van der Waals surface area contributed by atoms with Crippen molar-refractivity contribution in [1.29, 1.82) is 10.5 Å². The summed E-state index contributed by atoms with van der Waals surface area (Å²) in [6.07, 6.45) is 1.66. The highest BCUT2D eigenvalue weighted by molar-refractivity contribution is 6.33. The average molecular weight is 519 g/mol. The zero-order valence-electron chi connectivity index (χ0n) is 20.4. The highest BCUT2D eigenvalue weighted by Gasteiger charge is 2.22. The molecule has 0 radical (unpaired) electrons. The second kappa shape index (κ2) is 10.1. The van der Waals surface area contributed by atoms with Crippen LogP contribution < -0.4 is 4.74 Å². The molecule has 2 heterocycles. The second-order valence-electron chi connectivity index (χ2n) is 8.37. The molecule has 0 spiro atoms. The fraction of sp³-hybridized carbons (Fsp3) is 0.0667. The summed E-state index contributed by atoms with van der Waals surface area (Å²) in [5, 5.41) is 21.0. The van der Waals surface area contributed by atoms with Gasteiger partial charge in [-0.25, -0.2) is 9.78 Å². The third-order valence-electron chi connectivity index (χ3n) is 6.27. The quantitative estimate of drug-likeness (QED) is 0.257. The fourth-order valence-corrected chi connectivity index (χ4v) is 4.80. The number of hydrogen-bond donors (Lipinski definition) is 1. The lowest BCUT2D eigenvalue weighted by Crippen LogP contribution is -2.00. The highest BCUT2D eigenvalue weighted by atomic mass is 35.5. The molecule has 3 aromatic carbocycles. The highest BCUT2D eigenvalue weighted by Crippen LogP contribution is 2.43. The van der Waals surface area contributed by atoms with Gasteiger partial charge < -0.3 is 14.5 Å². The SMILES string of the molecule is COC(=O)c1ccc(-c2cccc(-c3[nH]c4cnc(OC)cc4c3-c3c(C#N)cccc3C#N)c2)c(Cl)c1. The Balaban J connectivity index is 1.76. The van der Waals surface area contributed by atoms with Crippen LogP contribution in [0.4, 0.5) is 0 Å². The van der Waals surface area contributed by atoms with Gasteiger partial charge in [0.15, 0.2) is 0 Å². The van der Waals surface area contributed by atoms with Crippen LogP contribution >= 0.6 is 11.6 Å². The van der Waals surface area contributed by atoms with Crippen molar-refractivity contribution >= 4 is 28.5 Å². The summed E-state index contributed by atoms with van der Waals surface area (Å²) < 4.78 is 10.2. The normalized spacial score (nSPS) is 10.6. The molecule has 5 rings (SSSR count). The summed E-state index contributed by atoms with van der Waals surface area (Å²) >= 11 is 6.56. The average Bonchev–Trinajstić information content (AvgIpc) is 3.34. The number of carbonyl (C=O) groups excluding carboxylic acids is 1. The summed E-state index contributed by atoms with van der Waals surface area (Å²) in [6, 6.07) is 24.0. The predicted molar refractivity (Wildman–Crippen MR) is 145 cm³/mol. The van der Waals surface area contributed by atoms with Gasteiger partial charge in [-0.3, -0.25) is 0 Å². The zero-order valence-corrected chi connectivity index (χ0v) is 21.1. The van der Waals surface area contributed by atoms with Crippen molar-refractivity contribution in [2.75, 3.05) is 14.2 Å². The monoisotopic (exact) mass is 518 g/mol. The van der Waals surface area contributed by atoms with Crippen LogP contribution in [0, 0.1) is 22.7 Å². The van der Waals surface area contributed by atoms with Gasteiger partial charge in [0.2, 0.25) is 5.88 Å². The van der Waals surface area contributed by atoms with Crippen LogP contribution in [0.25, 0.3) is 44.4 Å². The molecule has 1 N–H and O–H groups in total. The van der Waals surface area contributed by atoms with E-state index in [2.05, 4.69) is 22.1 Å². The van der Waals surface area contributed by atoms with E-state index in [1.54, 1.807) is 48.7 Å². The molecule has 0 fully saturated rings. The molecule has 0 saturated heterocycles. The number of ether oxygens (including phenoxy) is 2. The molecule has 38 heavy (non-hydrogen) atoms. The topological polar surface area (TPSA) is 112 Å². The van der Waals surface area contributed by atoms with Gasteiger partial charge in [0.1, 0.15) is 0 Å². The van der Waals surface area contributed by atoms with Gasteiger partial charge in [-0.15, -0.1) is 0 Å². The van der Waals surface area contributed by atoms with E-state index in [1.165, 1.54) is 14.2 Å². The molecule has 0 bridgehead atoms. The standard InChI is InChI=1S/C30H19ClN4O3/c1-37-26-13-23-25(16-34-26)35-29(28(23)27-20(14-32)7-4-8-21(27)15-33)18-6-3-5-17(11-18)22-10-9-19(12-24(22)31)30(36)38-2/h3-13,16,35H,1-2H3. The molecule has 0 aliphatic heterocycles. The molecule has 7 nitrogen and oxygen atoms in total. The number of H-pyrrole nitrogens is 1. The number of methoxy groups -OCH3 is 2. The number of carbonyl (C=O) groups is 1. The molecule has 0 saturated carbocycles. The zero-order chi connectivity index (χ0) is 26.8. The number of halogens is 1. The van der Waals surface area contributed by atoms with Crippen molar-refractivity contribution in [2.45, 2.75) is 0 Å². The lowest BCUT2D eigenvalue weighted by atomic mass is 9.91. The summed E-state index contributed by atoms with van der Waals surface area (Å²) in [7, 11) is 2.85. The first-order valence-electron chi connectivity index (χ1n) is 11.5. The van der Waals surface area contributed by atoms with E-state index in [9.17, 15) is 15.3 Å². The van der Waals surface area contributed by atoms with Crippen molar-refractivity contribution in [2.24, 2.45) is 0 Å². The number of aromatic nitrogens is 2. The Labute approximate surface area is 223 Å². The molecular weight excluding hydrogens is 500 g/mol. The molecule has 0 aliphatic carbocycles. The van der Waals surface area contributed by atoms with Crippen molar-refractivity contribution in [3.8, 4) is 51.5 Å². The number of nitrogens with zero attached hydrogens (tertiary/aromatic N) is 3. The number of hydrogen-bond acceptors (Lipinski definition) is 6. The molecule has 0 atom stereocenters. The number of benzene rings is 3. The molecule has 2 aromatic heterocycles. The lowest BCUT2D eigenvalue weighted by Gasteiger charge is -2.12. The molecule has 8 heteroatoms. The van der Waals surface area contributed by atoms with Crippen LogP contribution in [0.1, 0.15) is 21.5 Å². The maximum atomic E-state index is 11.9. The van der Waals surface area contributed by atoms with Crippen LogP contribution in [-0.2, 0) is 4.74 Å². The number of nitrogens with one attached hydrogen (secondary N) is 1. The Morgan fingerprint density at radius 1 is 0.921 bits per heavy atom. The second-order valence-corrected chi connectivity index (χ2v) is 8.77. The van der Waals surface area contributed by atoms with Crippen LogP contribution in [0.5, 0.6) is 5.88 Å². The summed E-state index contributed by atoms with van der Waals surface area (Å²) in [4.78, 5) is 19.7. The maximum Gasteiger partial charge on any atom is 0.337 e. The van der Waals surface area contributed by atoms with Gasteiger partial charge in [-0.05, 0) is 41.5 Å². The Hall–Kier alpha value is -5.11. The van der Waals surface area contributed by atoms with Gasteiger partial charge in [0.05, 0.1) is 60.5 Å². The summed E-state index contributed by atoms with van der Waals surface area (Å²) in [6.45, 7) is 0. The van der Waals surface area contributed by atoms with E-state index < -0.39 is 5.97 Å². The molecule has 184 valence electrons. The third kappa shape index (κ3) is 4.22. The Bertz CT molecular complexity index is 1780. The third-order valence-corrected chi connectivity index (χ3v) is 6.59. The van der Waals surface area contributed by atoms with Gasteiger partial charge in [-0.2, -0.15) is 10.5 Å². The Morgan fingerprint density at radius 2 is 1.63 bits per heavy atom. The molecule has 0 amide bonds. The Morgan fingerprint density at radius 3 is 2.29 bits per heavy atom. The first-order valence-corrected chi connectivity index (χ1v) is 11.8. The Kier molecular flexibility index (Phi) is 6.53. The smallest absolute Gasteiger partial charge is 0.337 e. The number of pyridine rings is 1. The first kappa shape index (κ1) is 24.6. The summed E-state index contributed by atoms with van der Waals surface area (Å²) in [5.74, 6) is -0.0631. The number of aromatic amines is 1.